The van der Waals surface area contributed by atoms with Crippen molar-refractivity contribution >= 4 is 11.5 Å². The first-order valence-electron chi connectivity index (χ1n) is 9.44. The predicted octanol–water partition coefficient (Wildman–Crippen LogP) is 3.85. The second-order valence-electron chi connectivity index (χ2n) is 7.41. The molecule has 26 heavy (non-hydrogen) atoms. The normalized spacial score (nSPS) is 17.1. The summed E-state index contributed by atoms with van der Waals surface area (Å²) in [5.41, 5.74) is 9.96. The van der Waals surface area contributed by atoms with E-state index >= 15 is 0 Å². The third-order valence-corrected chi connectivity index (χ3v) is 5.43. The van der Waals surface area contributed by atoms with E-state index in [1.54, 1.807) is 6.07 Å². The van der Waals surface area contributed by atoms with Crippen molar-refractivity contribution in [3.05, 3.63) is 35.4 Å². The van der Waals surface area contributed by atoms with Gasteiger partial charge in [-0.05, 0) is 62.1 Å². The standard InChI is InChI=1S/C21H24N4O/c22-13-16-18(25-9-2-1-3-10-25)12-17(24-21(16)23)20-15(11-14-7-8-14)5-4-6-19(20)26/h4-6,12,14,26H,1-3,7-11H2,(H2,23,24). The molecule has 0 unspecified atom stereocenters. The second-order valence-corrected chi connectivity index (χ2v) is 7.41. The molecule has 1 aliphatic heterocycles. The Bertz CT molecular complexity index is 861. The van der Waals surface area contributed by atoms with Crippen LogP contribution in [0.1, 0.15) is 43.2 Å². The molecule has 1 aromatic carbocycles. The number of hydrogen-bond donors (Lipinski definition) is 2. The molecule has 0 amide bonds. The number of nitriles is 1. The molecule has 5 heteroatoms. The van der Waals surface area contributed by atoms with Gasteiger partial charge in [-0.1, -0.05) is 12.1 Å². The molecule has 2 heterocycles. The number of pyridine rings is 1. The van der Waals surface area contributed by atoms with Gasteiger partial charge in [-0.3, -0.25) is 0 Å². The van der Waals surface area contributed by atoms with Gasteiger partial charge < -0.3 is 15.7 Å². The van der Waals surface area contributed by atoms with Crippen LogP contribution in [0.25, 0.3) is 11.3 Å². The Hall–Kier alpha value is -2.74. The highest BCUT2D eigenvalue weighted by molar-refractivity contribution is 5.79. The van der Waals surface area contributed by atoms with Gasteiger partial charge in [0.1, 0.15) is 23.2 Å². The van der Waals surface area contributed by atoms with Crippen molar-refractivity contribution in [3.63, 3.8) is 0 Å². The van der Waals surface area contributed by atoms with Gasteiger partial charge in [-0.2, -0.15) is 5.26 Å². The number of nitrogens with two attached hydrogens (primary N) is 1. The lowest BCUT2D eigenvalue weighted by Gasteiger charge is -2.30. The summed E-state index contributed by atoms with van der Waals surface area (Å²) in [5.74, 6) is 1.17. The van der Waals surface area contributed by atoms with Crippen molar-refractivity contribution < 1.29 is 5.11 Å². The van der Waals surface area contributed by atoms with Crippen molar-refractivity contribution in [3.8, 4) is 23.1 Å². The smallest absolute Gasteiger partial charge is 0.144 e. The summed E-state index contributed by atoms with van der Waals surface area (Å²) >= 11 is 0. The van der Waals surface area contributed by atoms with E-state index in [1.807, 2.05) is 12.1 Å². The molecule has 0 atom stereocenters. The van der Waals surface area contributed by atoms with Crippen LogP contribution in [0.2, 0.25) is 0 Å². The van der Waals surface area contributed by atoms with E-state index in [1.165, 1.54) is 19.3 Å². The molecule has 1 saturated carbocycles. The van der Waals surface area contributed by atoms with Gasteiger partial charge in [0.05, 0.1) is 11.4 Å². The van der Waals surface area contributed by atoms with Gasteiger partial charge in [0, 0.05) is 18.7 Å². The van der Waals surface area contributed by atoms with E-state index in [0.29, 0.717) is 17.2 Å². The molecule has 2 aromatic rings. The van der Waals surface area contributed by atoms with Crippen molar-refractivity contribution in [2.75, 3.05) is 23.7 Å². The summed E-state index contributed by atoms with van der Waals surface area (Å²) in [7, 11) is 0. The van der Waals surface area contributed by atoms with Crippen LogP contribution in [0.4, 0.5) is 11.5 Å². The first kappa shape index (κ1) is 16.7. The van der Waals surface area contributed by atoms with Gasteiger partial charge in [0.2, 0.25) is 0 Å². The number of aromatic nitrogens is 1. The quantitative estimate of drug-likeness (QED) is 0.876. The fourth-order valence-electron chi connectivity index (χ4n) is 3.86. The fraction of sp³-hybridized carbons (Fsp3) is 0.429. The number of anilines is 2. The molecule has 1 saturated heterocycles. The Balaban J connectivity index is 1.82. The molecule has 0 radical (unpaired) electrons. The van der Waals surface area contributed by atoms with Gasteiger partial charge in [0.25, 0.3) is 0 Å². The summed E-state index contributed by atoms with van der Waals surface area (Å²) < 4.78 is 0. The molecular weight excluding hydrogens is 324 g/mol. The average molecular weight is 348 g/mol. The minimum absolute atomic E-state index is 0.226. The molecule has 2 fully saturated rings. The SMILES string of the molecule is N#Cc1c(N2CCCCC2)cc(-c2c(O)cccc2CC2CC2)nc1N. The van der Waals surface area contributed by atoms with Crippen LogP contribution in [0.5, 0.6) is 5.75 Å². The zero-order valence-corrected chi connectivity index (χ0v) is 14.9. The summed E-state index contributed by atoms with van der Waals surface area (Å²) in [6, 6.07) is 9.80. The molecule has 0 spiro atoms. The van der Waals surface area contributed by atoms with Crippen LogP contribution in [0.3, 0.4) is 0 Å². The summed E-state index contributed by atoms with van der Waals surface area (Å²) in [5, 5.41) is 20.1. The number of aromatic hydroxyl groups is 1. The molecule has 1 aliphatic carbocycles. The van der Waals surface area contributed by atoms with Crippen molar-refractivity contribution in [1.29, 1.82) is 5.26 Å². The average Bonchev–Trinajstić information content (AvgIpc) is 3.46. The molecular formula is C21H24N4O. The number of benzene rings is 1. The number of hydrogen-bond acceptors (Lipinski definition) is 5. The van der Waals surface area contributed by atoms with Crippen LogP contribution < -0.4 is 10.6 Å². The van der Waals surface area contributed by atoms with Crippen molar-refractivity contribution in [2.24, 2.45) is 5.92 Å². The van der Waals surface area contributed by atoms with Gasteiger partial charge in [0.15, 0.2) is 0 Å². The Labute approximate surface area is 154 Å². The third-order valence-electron chi connectivity index (χ3n) is 5.43. The van der Waals surface area contributed by atoms with Gasteiger partial charge in [-0.25, -0.2) is 4.98 Å². The Morgan fingerprint density at radius 3 is 2.69 bits per heavy atom. The van der Waals surface area contributed by atoms with Crippen LogP contribution in [0, 0.1) is 17.2 Å². The monoisotopic (exact) mass is 348 g/mol. The van der Waals surface area contributed by atoms with E-state index in [9.17, 15) is 10.4 Å². The van der Waals surface area contributed by atoms with E-state index in [-0.39, 0.29) is 11.6 Å². The van der Waals surface area contributed by atoms with Crippen LogP contribution >= 0.6 is 0 Å². The number of piperidine rings is 1. The zero-order chi connectivity index (χ0) is 18.1. The van der Waals surface area contributed by atoms with Crippen LogP contribution in [-0.4, -0.2) is 23.2 Å². The molecule has 2 aliphatic rings. The minimum Gasteiger partial charge on any atom is -0.507 e. The number of rotatable bonds is 4. The number of phenols is 1. The molecule has 5 nitrogen and oxygen atoms in total. The highest BCUT2D eigenvalue weighted by atomic mass is 16.3. The van der Waals surface area contributed by atoms with Crippen LogP contribution in [0.15, 0.2) is 24.3 Å². The Kier molecular flexibility index (Phi) is 4.42. The predicted molar refractivity (Wildman–Crippen MR) is 103 cm³/mol. The lowest BCUT2D eigenvalue weighted by molar-refractivity contribution is 0.476. The topological polar surface area (TPSA) is 86.2 Å². The maximum absolute atomic E-state index is 10.5. The first-order valence-corrected chi connectivity index (χ1v) is 9.44. The first-order chi connectivity index (χ1) is 12.7. The van der Waals surface area contributed by atoms with E-state index in [4.69, 9.17) is 5.73 Å². The molecule has 4 rings (SSSR count). The minimum atomic E-state index is 0.226. The molecule has 3 N–H and O–H groups in total. The van der Waals surface area contributed by atoms with Crippen molar-refractivity contribution in [2.45, 2.75) is 38.5 Å². The second kappa shape index (κ2) is 6.87. The van der Waals surface area contributed by atoms with E-state index in [2.05, 4.69) is 22.0 Å². The Morgan fingerprint density at radius 2 is 2.00 bits per heavy atom. The van der Waals surface area contributed by atoms with E-state index < -0.39 is 0 Å². The maximum atomic E-state index is 10.5. The molecule has 0 bridgehead atoms. The summed E-state index contributed by atoms with van der Waals surface area (Å²) in [6.07, 6.45) is 6.90. The number of phenolic OH excluding ortho intramolecular Hbond substituents is 1. The lowest BCUT2D eigenvalue weighted by Crippen LogP contribution is -2.30. The highest BCUT2D eigenvalue weighted by Crippen LogP contribution is 2.40. The maximum Gasteiger partial charge on any atom is 0.144 e. The Morgan fingerprint density at radius 1 is 1.23 bits per heavy atom. The molecule has 1 aromatic heterocycles. The number of nitrogens with zero attached hydrogens (tertiary/aromatic N) is 3. The van der Waals surface area contributed by atoms with Gasteiger partial charge >= 0.3 is 0 Å². The summed E-state index contributed by atoms with van der Waals surface area (Å²) in [6.45, 7) is 1.85. The third kappa shape index (κ3) is 3.20. The molecule has 134 valence electrons. The van der Waals surface area contributed by atoms with Gasteiger partial charge in [-0.15, -0.1) is 0 Å². The zero-order valence-electron chi connectivity index (χ0n) is 14.9. The fourth-order valence-corrected chi connectivity index (χ4v) is 3.86. The largest absolute Gasteiger partial charge is 0.507 e. The highest BCUT2D eigenvalue weighted by Gasteiger charge is 2.25. The number of nitrogen functional groups attached to an aromatic ring is 1. The van der Waals surface area contributed by atoms with Crippen molar-refractivity contribution in [1.82, 2.24) is 4.98 Å². The lowest BCUT2D eigenvalue weighted by atomic mass is 9.97. The van der Waals surface area contributed by atoms with E-state index in [0.717, 1.165) is 49.2 Å². The summed E-state index contributed by atoms with van der Waals surface area (Å²) in [4.78, 5) is 6.71. The van der Waals surface area contributed by atoms with Crippen LogP contribution in [-0.2, 0) is 6.42 Å².